The molecule has 0 aliphatic carbocycles. The molecule has 1 heterocycles. The fraction of sp³-hybridized carbons (Fsp3) is 0.500. The lowest BCUT2D eigenvalue weighted by molar-refractivity contribution is -0.135. The molecule has 0 atom stereocenters. The predicted molar refractivity (Wildman–Crippen MR) is 82.1 cm³/mol. The summed E-state index contributed by atoms with van der Waals surface area (Å²) < 4.78 is 5.64. The molecule has 0 bridgehead atoms. The Labute approximate surface area is 134 Å². The van der Waals surface area contributed by atoms with Crippen LogP contribution in [0, 0.1) is 0 Å². The van der Waals surface area contributed by atoms with E-state index in [-0.39, 0.29) is 5.91 Å². The summed E-state index contributed by atoms with van der Waals surface area (Å²) in [5.74, 6) is 0.370. The molecule has 1 saturated heterocycles. The molecule has 7 heteroatoms. The molecule has 1 aliphatic heterocycles. The average molecular weight is 333 g/mol. The first-order valence-corrected chi connectivity index (χ1v) is 7.54. The minimum absolute atomic E-state index is 0.211. The number of ether oxygens (including phenoxy) is 1. The zero-order valence-electron chi connectivity index (χ0n) is 11.6. The number of carbonyl (C=O) groups is 1. The second kappa shape index (κ2) is 7.84. The van der Waals surface area contributed by atoms with Crippen LogP contribution in [0.3, 0.4) is 0 Å². The number of halogens is 2. The summed E-state index contributed by atoms with van der Waals surface area (Å²) in [6.45, 7) is 3.67. The first kappa shape index (κ1) is 16.4. The van der Waals surface area contributed by atoms with Gasteiger partial charge in [0.05, 0.1) is 5.02 Å². The van der Waals surface area contributed by atoms with Crippen LogP contribution in [0.25, 0.3) is 0 Å². The van der Waals surface area contributed by atoms with E-state index in [0.29, 0.717) is 35.5 Å². The number of aliphatic hydroxyl groups excluding tert-OH is 1. The zero-order valence-corrected chi connectivity index (χ0v) is 13.1. The summed E-state index contributed by atoms with van der Waals surface area (Å²) in [6, 6.07) is 5.12. The molecule has 1 N–H and O–H groups in total. The fourth-order valence-corrected chi connectivity index (χ4v) is 2.53. The molecule has 0 saturated carbocycles. The highest BCUT2D eigenvalue weighted by Gasteiger charge is 2.20. The van der Waals surface area contributed by atoms with Crippen molar-refractivity contribution >= 4 is 29.1 Å². The maximum absolute atomic E-state index is 11.3. The van der Waals surface area contributed by atoms with E-state index in [4.69, 9.17) is 33.0 Å². The lowest BCUT2D eigenvalue weighted by atomic mass is 10.3. The van der Waals surface area contributed by atoms with Gasteiger partial charge in [-0.15, -0.1) is 0 Å². The molecule has 5 nitrogen and oxygen atoms in total. The number of nitrogens with zero attached hydrogens (tertiary/aromatic N) is 2. The number of carbonyl (C=O) groups excluding carboxylic acids is 1. The van der Waals surface area contributed by atoms with Gasteiger partial charge in [0.1, 0.15) is 19.0 Å². The van der Waals surface area contributed by atoms with Gasteiger partial charge < -0.3 is 14.7 Å². The number of benzene rings is 1. The maximum Gasteiger partial charge on any atom is 0.248 e. The van der Waals surface area contributed by atoms with Crippen LogP contribution in [0.1, 0.15) is 0 Å². The highest BCUT2D eigenvalue weighted by molar-refractivity contribution is 6.34. The predicted octanol–water partition coefficient (Wildman–Crippen LogP) is 1.51. The van der Waals surface area contributed by atoms with Crippen LogP contribution < -0.4 is 4.74 Å². The maximum atomic E-state index is 11.3. The summed E-state index contributed by atoms with van der Waals surface area (Å²) >= 11 is 11.9. The molecule has 0 radical (unpaired) electrons. The lowest BCUT2D eigenvalue weighted by Gasteiger charge is -2.34. The minimum atomic E-state index is -0.420. The molecule has 1 aromatic rings. The zero-order chi connectivity index (χ0) is 15.2. The Hall–Kier alpha value is -1.01. The molecule has 1 fully saturated rings. The van der Waals surface area contributed by atoms with Crippen LogP contribution in [-0.4, -0.2) is 66.8 Å². The van der Waals surface area contributed by atoms with Crippen LogP contribution >= 0.6 is 23.2 Å². The van der Waals surface area contributed by atoms with Crippen LogP contribution in [0.15, 0.2) is 18.2 Å². The molecule has 0 unspecified atom stereocenters. The number of piperazine rings is 1. The van der Waals surface area contributed by atoms with Gasteiger partial charge in [0.2, 0.25) is 5.91 Å². The highest BCUT2D eigenvalue weighted by Crippen LogP contribution is 2.27. The number of hydrogen-bond acceptors (Lipinski definition) is 4. The number of amides is 1. The molecular weight excluding hydrogens is 315 g/mol. The topological polar surface area (TPSA) is 53.0 Å². The van der Waals surface area contributed by atoms with E-state index in [1.165, 1.54) is 0 Å². The summed E-state index contributed by atoms with van der Waals surface area (Å²) in [5.41, 5.74) is 0. The van der Waals surface area contributed by atoms with E-state index in [2.05, 4.69) is 4.90 Å². The van der Waals surface area contributed by atoms with Crippen molar-refractivity contribution < 1.29 is 14.6 Å². The van der Waals surface area contributed by atoms with Crippen molar-refractivity contribution in [2.24, 2.45) is 0 Å². The molecule has 1 aliphatic rings. The lowest BCUT2D eigenvalue weighted by Crippen LogP contribution is -2.50. The van der Waals surface area contributed by atoms with Crippen molar-refractivity contribution in [1.29, 1.82) is 0 Å². The summed E-state index contributed by atoms with van der Waals surface area (Å²) in [6.07, 6.45) is 0. The normalized spacial score (nSPS) is 16.0. The number of hydrogen-bond donors (Lipinski definition) is 1. The summed E-state index contributed by atoms with van der Waals surface area (Å²) in [5, 5.41) is 9.95. The van der Waals surface area contributed by atoms with Gasteiger partial charge in [-0.2, -0.15) is 0 Å². The monoisotopic (exact) mass is 332 g/mol. The van der Waals surface area contributed by atoms with Gasteiger partial charge in [-0.05, 0) is 12.1 Å². The van der Waals surface area contributed by atoms with Crippen molar-refractivity contribution in [3.8, 4) is 5.75 Å². The molecule has 1 amide bonds. The van der Waals surface area contributed by atoms with E-state index < -0.39 is 6.61 Å². The van der Waals surface area contributed by atoms with Crippen molar-refractivity contribution in [3.63, 3.8) is 0 Å². The van der Waals surface area contributed by atoms with Gasteiger partial charge in [0, 0.05) is 43.8 Å². The van der Waals surface area contributed by atoms with Crippen LogP contribution in [0.4, 0.5) is 0 Å². The Morgan fingerprint density at radius 2 is 1.95 bits per heavy atom. The van der Waals surface area contributed by atoms with Crippen LogP contribution in [0.2, 0.25) is 10.0 Å². The molecule has 21 heavy (non-hydrogen) atoms. The van der Waals surface area contributed by atoms with E-state index in [1.807, 2.05) is 0 Å². The minimum Gasteiger partial charge on any atom is -0.491 e. The quantitative estimate of drug-likeness (QED) is 0.888. The largest absolute Gasteiger partial charge is 0.491 e. The second-order valence-corrected chi connectivity index (χ2v) is 5.65. The average Bonchev–Trinajstić information content (AvgIpc) is 2.50. The Balaban J connectivity index is 1.73. The van der Waals surface area contributed by atoms with E-state index in [1.54, 1.807) is 23.1 Å². The first-order valence-electron chi connectivity index (χ1n) is 6.79. The molecule has 1 aromatic carbocycles. The third kappa shape index (κ3) is 4.74. The molecule has 0 aromatic heterocycles. The standard InChI is InChI=1S/C14H18Cl2N2O3/c15-11-1-2-12(16)13(9-11)21-8-7-17-3-5-18(6-4-17)14(20)10-19/h1-2,9,19H,3-8,10H2. The van der Waals surface area contributed by atoms with Gasteiger partial charge in [0.25, 0.3) is 0 Å². The van der Waals surface area contributed by atoms with Gasteiger partial charge in [-0.1, -0.05) is 23.2 Å². The van der Waals surface area contributed by atoms with Crippen LogP contribution in [-0.2, 0) is 4.79 Å². The third-order valence-corrected chi connectivity index (χ3v) is 3.97. The Morgan fingerprint density at radius 3 is 2.62 bits per heavy atom. The van der Waals surface area contributed by atoms with Gasteiger partial charge in [-0.3, -0.25) is 9.69 Å². The van der Waals surface area contributed by atoms with Gasteiger partial charge >= 0.3 is 0 Å². The van der Waals surface area contributed by atoms with Crippen molar-refractivity contribution in [1.82, 2.24) is 9.80 Å². The van der Waals surface area contributed by atoms with E-state index in [9.17, 15) is 4.79 Å². The van der Waals surface area contributed by atoms with Crippen molar-refractivity contribution in [2.75, 3.05) is 45.9 Å². The van der Waals surface area contributed by atoms with Gasteiger partial charge in [-0.25, -0.2) is 0 Å². The summed E-state index contributed by atoms with van der Waals surface area (Å²) in [4.78, 5) is 15.2. The van der Waals surface area contributed by atoms with E-state index >= 15 is 0 Å². The van der Waals surface area contributed by atoms with Gasteiger partial charge in [0.15, 0.2) is 0 Å². The third-order valence-electron chi connectivity index (χ3n) is 3.42. The molecule has 116 valence electrons. The fourth-order valence-electron chi connectivity index (χ4n) is 2.19. The second-order valence-electron chi connectivity index (χ2n) is 4.80. The Bertz CT molecular complexity index is 491. The molecule has 2 rings (SSSR count). The molecule has 0 spiro atoms. The Kier molecular flexibility index (Phi) is 6.11. The van der Waals surface area contributed by atoms with E-state index in [0.717, 1.165) is 19.6 Å². The van der Waals surface area contributed by atoms with Crippen molar-refractivity contribution in [2.45, 2.75) is 0 Å². The summed E-state index contributed by atoms with van der Waals surface area (Å²) in [7, 11) is 0. The molecular formula is C14H18Cl2N2O3. The SMILES string of the molecule is O=C(CO)N1CCN(CCOc2cc(Cl)ccc2Cl)CC1. The first-order chi connectivity index (χ1) is 10.1. The highest BCUT2D eigenvalue weighted by atomic mass is 35.5. The number of rotatable bonds is 5. The smallest absolute Gasteiger partial charge is 0.248 e. The Morgan fingerprint density at radius 1 is 1.24 bits per heavy atom. The number of aliphatic hydroxyl groups is 1. The van der Waals surface area contributed by atoms with Crippen LogP contribution in [0.5, 0.6) is 5.75 Å². The van der Waals surface area contributed by atoms with Crippen molar-refractivity contribution in [3.05, 3.63) is 28.2 Å².